The minimum atomic E-state index is -0.608. The first kappa shape index (κ1) is 22.2. The van der Waals surface area contributed by atoms with Crippen LogP contribution < -0.4 is 11.5 Å². The maximum Gasteiger partial charge on any atom is 0.333 e. The molecule has 7 heteroatoms. The molecule has 0 spiro atoms. The largest absolute Gasteiger partial charge is 0.512 e. The number of carbonyl (C=O) groups is 2. The first-order chi connectivity index (χ1) is 11.7. The van der Waals surface area contributed by atoms with Gasteiger partial charge in [-0.05, 0) is 38.0 Å². The molecule has 1 rings (SSSR count). The number of amides is 1. The molecule has 0 saturated heterocycles. The summed E-state index contributed by atoms with van der Waals surface area (Å²) in [6.07, 6.45) is 0.955. The van der Waals surface area contributed by atoms with Gasteiger partial charge in [0.25, 0.3) is 0 Å². The number of aliphatic hydroxyl groups is 1. The highest BCUT2D eigenvalue weighted by molar-refractivity contribution is 5.91. The number of primary amides is 1. The van der Waals surface area contributed by atoms with Gasteiger partial charge in [-0.3, -0.25) is 4.79 Å². The van der Waals surface area contributed by atoms with Crippen LogP contribution in [0.1, 0.15) is 25.8 Å². The third-order valence-corrected chi connectivity index (χ3v) is 3.09. The number of benzene rings is 1. The second-order valence-electron chi connectivity index (χ2n) is 5.31. The molecular weight excluding hydrogens is 324 g/mol. The quantitative estimate of drug-likeness (QED) is 0.336. The first-order valence-corrected chi connectivity index (χ1v) is 7.68. The lowest BCUT2D eigenvalue weighted by atomic mass is 10.1. The Hall–Kier alpha value is -2.80. The Bertz CT molecular complexity index is 621. The van der Waals surface area contributed by atoms with Crippen molar-refractivity contribution in [2.45, 2.75) is 26.7 Å². The van der Waals surface area contributed by atoms with Crippen LogP contribution in [0.25, 0.3) is 0 Å². The van der Waals surface area contributed by atoms with E-state index in [1.54, 1.807) is 31.2 Å². The highest BCUT2D eigenvalue weighted by Crippen LogP contribution is 2.14. The Morgan fingerprint density at radius 1 is 1.20 bits per heavy atom. The van der Waals surface area contributed by atoms with Crippen LogP contribution in [0, 0.1) is 0 Å². The van der Waals surface area contributed by atoms with Crippen LogP contribution in [0.5, 0.6) is 5.75 Å². The lowest BCUT2D eigenvalue weighted by Crippen LogP contribution is -2.14. The number of aromatic hydroxyl groups is 1. The molecule has 0 radical (unpaired) electrons. The molecule has 0 unspecified atom stereocenters. The summed E-state index contributed by atoms with van der Waals surface area (Å²) in [6, 6.07) is 6.69. The lowest BCUT2D eigenvalue weighted by molar-refractivity contribution is -0.138. The van der Waals surface area contributed by atoms with Crippen molar-refractivity contribution >= 4 is 11.9 Å². The standard InChI is InChI=1S/C12H15NO3.C6H11NO2/c1-8(12(13)16)11(15)7-4-9-2-5-10(14)6-3-9;1-5(2)6(8)9-4-3-7/h2-3,5-6,14-15H,4,7H2,1H3,(H2,13,16);1,3-4,7H2,2H3. The molecule has 0 aliphatic rings. The van der Waals surface area contributed by atoms with Crippen LogP contribution in [-0.2, 0) is 20.7 Å². The highest BCUT2D eigenvalue weighted by atomic mass is 16.5. The monoisotopic (exact) mass is 350 g/mol. The summed E-state index contributed by atoms with van der Waals surface area (Å²) < 4.78 is 4.59. The molecule has 138 valence electrons. The van der Waals surface area contributed by atoms with Gasteiger partial charge >= 0.3 is 5.97 Å². The Morgan fingerprint density at radius 3 is 2.20 bits per heavy atom. The van der Waals surface area contributed by atoms with E-state index in [-0.39, 0.29) is 29.7 Å². The second kappa shape index (κ2) is 11.7. The Kier molecular flexibility index (Phi) is 10.4. The number of aliphatic hydroxyl groups excluding tert-OH is 1. The van der Waals surface area contributed by atoms with Gasteiger partial charge < -0.3 is 26.4 Å². The SMILES string of the molecule is C=C(C)C(=O)OCCN.CC(C(N)=O)=C(O)CCc1ccc(O)cc1. The van der Waals surface area contributed by atoms with E-state index in [9.17, 15) is 14.7 Å². The Morgan fingerprint density at radius 2 is 1.76 bits per heavy atom. The Labute approximate surface area is 147 Å². The van der Waals surface area contributed by atoms with E-state index in [1.807, 2.05) is 0 Å². The van der Waals surface area contributed by atoms with Crippen molar-refractivity contribution in [2.75, 3.05) is 13.2 Å². The number of nitrogens with two attached hydrogens (primary N) is 2. The molecule has 6 N–H and O–H groups in total. The topological polar surface area (TPSA) is 136 Å². The molecule has 0 fully saturated rings. The minimum Gasteiger partial charge on any atom is -0.512 e. The fraction of sp³-hybridized carbons (Fsp3) is 0.333. The van der Waals surface area contributed by atoms with Gasteiger partial charge in [0, 0.05) is 18.5 Å². The van der Waals surface area contributed by atoms with Crippen LogP contribution >= 0.6 is 0 Å². The molecule has 0 aliphatic heterocycles. The molecule has 1 amide bonds. The van der Waals surface area contributed by atoms with Crippen LogP contribution in [0.2, 0.25) is 0 Å². The zero-order valence-corrected chi connectivity index (χ0v) is 14.6. The van der Waals surface area contributed by atoms with Crippen molar-refractivity contribution in [1.82, 2.24) is 0 Å². The van der Waals surface area contributed by atoms with Crippen LogP contribution in [0.4, 0.5) is 0 Å². The third-order valence-electron chi connectivity index (χ3n) is 3.09. The Balaban J connectivity index is 0.000000547. The first-order valence-electron chi connectivity index (χ1n) is 7.68. The van der Waals surface area contributed by atoms with Crippen LogP contribution in [0.15, 0.2) is 47.7 Å². The van der Waals surface area contributed by atoms with E-state index >= 15 is 0 Å². The van der Waals surface area contributed by atoms with Gasteiger partial charge in [-0.25, -0.2) is 4.79 Å². The molecule has 7 nitrogen and oxygen atoms in total. The van der Waals surface area contributed by atoms with E-state index in [0.717, 1.165) is 5.56 Å². The normalized spacial score (nSPS) is 10.8. The van der Waals surface area contributed by atoms with E-state index in [1.165, 1.54) is 6.92 Å². The summed E-state index contributed by atoms with van der Waals surface area (Å²) in [6.45, 7) is 7.11. The number of phenols is 1. The van der Waals surface area contributed by atoms with Gasteiger partial charge in [-0.15, -0.1) is 0 Å². The fourth-order valence-corrected chi connectivity index (χ4v) is 1.53. The number of rotatable bonds is 7. The molecular formula is C18H26N2O5. The average Bonchev–Trinajstić information content (AvgIpc) is 2.58. The highest BCUT2D eigenvalue weighted by Gasteiger charge is 2.06. The van der Waals surface area contributed by atoms with E-state index < -0.39 is 5.91 Å². The van der Waals surface area contributed by atoms with Gasteiger partial charge in [0.15, 0.2) is 0 Å². The van der Waals surface area contributed by atoms with Gasteiger partial charge in [0.05, 0.1) is 5.57 Å². The molecule has 25 heavy (non-hydrogen) atoms. The summed E-state index contributed by atoms with van der Waals surface area (Å²) in [5.41, 5.74) is 11.7. The van der Waals surface area contributed by atoms with Crippen molar-refractivity contribution in [2.24, 2.45) is 11.5 Å². The second-order valence-corrected chi connectivity index (χ2v) is 5.31. The number of carbonyl (C=O) groups excluding carboxylic acids is 2. The zero-order chi connectivity index (χ0) is 19.4. The maximum absolute atomic E-state index is 10.8. The van der Waals surface area contributed by atoms with Crippen molar-refractivity contribution in [3.8, 4) is 5.75 Å². The number of allylic oxidation sites excluding steroid dienone is 1. The smallest absolute Gasteiger partial charge is 0.333 e. The van der Waals surface area contributed by atoms with Crippen LogP contribution in [0.3, 0.4) is 0 Å². The molecule has 0 saturated carbocycles. The van der Waals surface area contributed by atoms with Gasteiger partial charge in [-0.1, -0.05) is 18.7 Å². The predicted molar refractivity (Wildman–Crippen MR) is 95.8 cm³/mol. The molecule has 0 aromatic heterocycles. The summed E-state index contributed by atoms with van der Waals surface area (Å²) in [5.74, 6) is -0.763. The summed E-state index contributed by atoms with van der Waals surface area (Å²) in [7, 11) is 0. The van der Waals surface area contributed by atoms with E-state index in [0.29, 0.717) is 25.0 Å². The predicted octanol–water partition coefficient (Wildman–Crippen LogP) is 1.71. The van der Waals surface area contributed by atoms with Gasteiger partial charge in [0.2, 0.25) is 5.91 Å². The lowest BCUT2D eigenvalue weighted by Gasteiger charge is -2.04. The summed E-state index contributed by atoms with van der Waals surface area (Å²) >= 11 is 0. The van der Waals surface area contributed by atoms with E-state index in [2.05, 4.69) is 11.3 Å². The number of aryl methyl sites for hydroxylation is 1. The minimum absolute atomic E-state index is 0.0144. The molecule has 0 atom stereocenters. The van der Waals surface area contributed by atoms with Crippen molar-refractivity contribution in [3.05, 3.63) is 53.3 Å². The average molecular weight is 350 g/mol. The summed E-state index contributed by atoms with van der Waals surface area (Å²) in [5, 5.41) is 18.6. The molecule has 1 aromatic carbocycles. The zero-order valence-electron chi connectivity index (χ0n) is 14.6. The van der Waals surface area contributed by atoms with Crippen LogP contribution in [-0.4, -0.2) is 35.2 Å². The molecule has 0 aliphatic carbocycles. The summed E-state index contributed by atoms with van der Waals surface area (Å²) in [4.78, 5) is 21.3. The fourth-order valence-electron chi connectivity index (χ4n) is 1.53. The van der Waals surface area contributed by atoms with Crippen molar-refractivity contribution in [1.29, 1.82) is 0 Å². The number of phenolic OH excluding ortho intramolecular Hbond substituents is 1. The number of hydrogen-bond donors (Lipinski definition) is 4. The van der Waals surface area contributed by atoms with Crippen molar-refractivity contribution in [3.63, 3.8) is 0 Å². The maximum atomic E-state index is 10.8. The van der Waals surface area contributed by atoms with Crippen molar-refractivity contribution < 1.29 is 24.5 Å². The van der Waals surface area contributed by atoms with Gasteiger partial charge in [0.1, 0.15) is 18.1 Å². The number of ether oxygens (including phenoxy) is 1. The van der Waals surface area contributed by atoms with Gasteiger partial charge in [-0.2, -0.15) is 0 Å². The third kappa shape index (κ3) is 9.83. The number of hydrogen-bond acceptors (Lipinski definition) is 6. The molecule has 0 heterocycles. The number of esters is 1. The molecule has 0 bridgehead atoms. The molecule has 1 aromatic rings. The van der Waals surface area contributed by atoms with E-state index in [4.69, 9.17) is 16.6 Å².